The Balaban J connectivity index is 1.67. The van der Waals surface area contributed by atoms with E-state index in [9.17, 15) is 4.79 Å². The molecule has 0 radical (unpaired) electrons. The van der Waals surface area contributed by atoms with Crippen LogP contribution in [0.5, 0.6) is 0 Å². The third-order valence-electron chi connectivity index (χ3n) is 3.81. The van der Waals surface area contributed by atoms with Crippen molar-refractivity contribution in [2.24, 2.45) is 0 Å². The molecule has 120 valence electrons. The van der Waals surface area contributed by atoms with Crippen molar-refractivity contribution in [2.75, 3.05) is 43.0 Å². The molecule has 8 heteroatoms. The lowest BCUT2D eigenvalue weighted by Gasteiger charge is -2.22. The lowest BCUT2D eigenvalue weighted by atomic mass is 10.3. The number of aromatic nitrogens is 4. The molecule has 3 rings (SSSR count). The third-order valence-corrected chi connectivity index (χ3v) is 3.81. The Morgan fingerprint density at radius 3 is 2.30 bits per heavy atom. The number of anilines is 2. The fourth-order valence-electron chi connectivity index (χ4n) is 2.58. The molecule has 1 fully saturated rings. The van der Waals surface area contributed by atoms with Gasteiger partial charge in [-0.3, -0.25) is 4.79 Å². The van der Waals surface area contributed by atoms with Crippen LogP contribution < -0.4 is 15.1 Å². The Labute approximate surface area is 134 Å². The molecule has 1 N–H and O–H groups in total. The Kier molecular flexibility index (Phi) is 4.60. The van der Waals surface area contributed by atoms with Crippen molar-refractivity contribution >= 4 is 17.5 Å². The molecule has 2 aromatic rings. The molecule has 2 aromatic heterocycles. The average molecular weight is 313 g/mol. The maximum Gasteiger partial charge on any atom is 0.271 e. The number of carbonyl (C=O) groups excluding carboxylic acids is 1. The summed E-state index contributed by atoms with van der Waals surface area (Å²) in [5.41, 5.74) is 0.326. The maximum absolute atomic E-state index is 11.5. The average Bonchev–Trinajstić information content (AvgIpc) is 2.88. The van der Waals surface area contributed by atoms with E-state index in [2.05, 4.69) is 35.5 Å². The van der Waals surface area contributed by atoms with Crippen LogP contribution in [0.25, 0.3) is 0 Å². The summed E-state index contributed by atoms with van der Waals surface area (Å²) in [5, 5.41) is 18.8. The topological polar surface area (TPSA) is 87.1 Å². The van der Waals surface area contributed by atoms with Gasteiger partial charge in [-0.25, -0.2) is 0 Å². The highest BCUT2D eigenvalue weighted by Gasteiger charge is 2.18. The molecule has 8 nitrogen and oxygen atoms in total. The van der Waals surface area contributed by atoms with Gasteiger partial charge in [-0.2, -0.15) is 5.10 Å². The Morgan fingerprint density at radius 1 is 1.00 bits per heavy atom. The molecule has 3 heterocycles. The van der Waals surface area contributed by atoms with E-state index >= 15 is 0 Å². The molecule has 0 aliphatic carbocycles. The fourth-order valence-corrected chi connectivity index (χ4v) is 2.58. The number of rotatable bonds is 3. The maximum atomic E-state index is 11.5. The van der Waals surface area contributed by atoms with Crippen LogP contribution in [0, 0.1) is 0 Å². The van der Waals surface area contributed by atoms with E-state index in [4.69, 9.17) is 0 Å². The van der Waals surface area contributed by atoms with Crippen molar-refractivity contribution in [3.63, 3.8) is 0 Å². The van der Waals surface area contributed by atoms with E-state index in [1.807, 2.05) is 18.2 Å². The third kappa shape index (κ3) is 3.53. The zero-order chi connectivity index (χ0) is 16.1. The van der Waals surface area contributed by atoms with Crippen molar-refractivity contribution in [3.05, 3.63) is 36.2 Å². The zero-order valence-electron chi connectivity index (χ0n) is 13.0. The molecule has 0 atom stereocenters. The van der Waals surface area contributed by atoms with Crippen molar-refractivity contribution in [1.82, 2.24) is 25.7 Å². The second kappa shape index (κ2) is 6.99. The second-order valence-electron chi connectivity index (χ2n) is 5.27. The quantitative estimate of drug-likeness (QED) is 0.874. The van der Waals surface area contributed by atoms with E-state index in [1.165, 1.54) is 0 Å². The first-order chi connectivity index (χ1) is 11.3. The van der Waals surface area contributed by atoms with E-state index < -0.39 is 0 Å². The molecule has 1 saturated heterocycles. The summed E-state index contributed by atoms with van der Waals surface area (Å²) >= 11 is 0. The van der Waals surface area contributed by atoms with Crippen molar-refractivity contribution < 1.29 is 4.79 Å². The summed E-state index contributed by atoms with van der Waals surface area (Å²) < 4.78 is 0. The van der Waals surface area contributed by atoms with Gasteiger partial charge in [-0.1, -0.05) is 0 Å². The highest BCUT2D eigenvalue weighted by Crippen LogP contribution is 2.16. The number of nitrogens with one attached hydrogen (secondary N) is 1. The SMILES string of the molecule is CNC(=O)c1ccc(N2CCCN(c3cccnn3)CC2)nn1. The Morgan fingerprint density at radius 2 is 1.74 bits per heavy atom. The van der Waals surface area contributed by atoms with Gasteiger partial charge in [0, 0.05) is 39.4 Å². The number of carbonyl (C=O) groups is 1. The molecule has 0 aromatic carbocycles. The van der Waals surface area contributed by atoms with Crippen molar-refractivity contribution in [3.8, 4) is 0 Å². The van der Waals surface area contributed by atoms with Crippen LogP contribution in [0.3, 0.4) is 0 Å². The molecule has 0 bridgehead atoms. The normalized spacial score (nSPS) is 15.2. The molecule has 23 heavy (non-hydrogen) atoms. The van der Waals surface area contributed by atoms with Crippen LogP contribution >= 0.6 is 0 Å². The Hall–Kier alpha value is -2.77. The van der Waals surface area contributed by atoms with Gasteiger partial charge < -0.3 is 15.1 Å². The minimum Gasteiger partial charge on any atom is -0.354 e. The van der Waals surface area contributed by atoms with Crippen molar-refractivity contribution in [2.45, 2.75) is 6.42 Å². The molecule has 0 unspecified atom stereocenters. The first-order valence-corrected chi connectivity index (χ1v) is 7.61. The minimum absolute atomic E-state index is 0.228. The van der Waals surface area contributed by atoms with E-state index in [0.717, 1.165) is 44.2 Å². The molecule has 0 saturated carbocycles. The lowest BCUT2D eigenvalue weighted by Crippen LogP contribution is -2.32. The highest BCUT2D eigenvalue weighted by atomic mass is 16.1. The predicted molar refractivity (Wildman–Crippen MR) is 86.5 cm³/mol. The van der Waals surface area contributed by atoms with Gasteiger partial charge in [-0.05, 0) is 30.7 Å². The van der Waals surface area contributed by atoms with E-state index in [-0.39, 0.29) is 5.91 Å². The molecule has 1 aliphatic heterocycles. The van der Waals surface area contributed by atoms with Gasteiger partial charge in [-0.15, -0.1) is 15.3 Å². The summed E-state index contributed by atoms with van der Waals surface area (Å²) in [5.74, 6) is 1.46. The molecule has 0 spiro atoms. The van der Waals surface area contributed by atoms with Crippen LogP contribution in [0.2, 0.25) is 0 Å². The first kappa shape index (κ1) is 15.1. The van der Waals surface area contributed by atoms with Crippen molar-refractivity contribution in [1.29, 1.82) is 0 Å². The van der Waals surface area contributed by atoms with Crippen LogP contribution in [-0.2, 0) is 0 Å². The summed E-state index contributed by atoms with van der Waals surface area (Å²) in [6.07, 6.45) is 2.67. The number of nitrogens with zero attached hydrogens (tertiary/aromatic N) is 6. The second-order valence-corrected chi connectivity index (χ2v) is 5.27. The number of amides is 1. The summed E-state index contributed by atoms with van der Waals surface area (Å²) in [7, 11) is 1.58. The molecule has 1 aliphatic rings. The van der Waals surface area contributed by atoms with Crippen LogP contribution in [0.1, 0.15) is 16.9 Å². The van der Waals surface area contributed by atoms with Gasteiger partial charge in [0.2, 0.25) is 0 Å². The number of hydrogen-bond acceptors (Lipinski definition) is 7. The predicted octanol–water partition coefficient (Wildman–Crippen LogP) is 0.343. The van der Waals surface area contributed by atoms with Gasteiger partial charge in [0.1, 0.15) is 0 Å². The summed E-state index contributed by atoms with van der Waals surface area (Å²) in [6.45, 7) is 3.49. The first-order valence-electron chi connectivity index (χ1n) is 7.61. The molecule has 1 amide bonds. The van der Waals surface area contributed by atoms with E-state index in [0.29, 0.717) is 5.69 Å². The summed E-state index contributed by atoms with van der Waals surface area (Å²) in [6, 6.07) is 7.41. The highest BCUT2D eigenvalue weighted by molar-refractivity contribution is 5.91. The van der Waals surface area contributed by atoms with Crippen LogP contribution in [-0.4, -0.2) is 59.5 Å². The van der Waals surface area contributed by atoms with Crippen LogP contribution in [0.15, 0.2) is 30.5 Å². The van der Waals surface area contributed by atoms with E-state index in [1.54, 1.807) is 19.3 Å². The van der Waals surface area contributed by atoms with Crippen LogP contribution in [0.4, 0.5) is 11.6 Å². The smallest absolute Gasteiger partial charge is 0.271 e. The Bertz CT molecular complexity index is 647. The lowest BCUT2D eigenvalue weighted by molar-refractivity contribution is 0.0957. The largest absolute Gasteiger partial charge is 0.354 e. The molecular formula is C15H19N7O. The minimum atomic E-state index is -0.228. The molecular weight excluding hydrogens is 294 g/mol. The monoisotopic (exact) mass is 313 g/mol. The fraction of sp³-hybridized carbons (Fsp3) is 0.400. The van der Waals surface area contributed by atoms with Gasteiger partial charge in [0.15, 0.2) is 17.3 Å². The van der Waals surface area contributed by atoms with Gasteiger partial charge in [0.05, 0.1) is 0 Å². The summed E-state index contributed by atoms with van der Waals surface area (Å²) in [4.78, 5) is 15.9. The standard InChI is InChI=1S/C15H19N7O/c1-16-15(23)12-5-6-14(20-18-12)22-9-3-8-21(10-11-22)13-4-2-7-17-19-13/h2,4-7H,3,8-11H2,1H3,(H,16,23). The van der Waals surface area contributed by atoms with Gasteiger partial charge >= 0.3 is 0 Å². The number of hydrogen-bond donors (Lipinski definition) is 1. The zero-order valence-corrected chi connectivity index (χ0v) is 13.0. The van der Waals surface area contributed by atoms with Gasteiger partial charge in [0.25, 0.3) is 5.91 Å².